The molecule has 6 heteroatoms. The summed E-state index contributed by atoms with van der Waals surface area (Å²) in [5, 5.41) is 4.22. The molecule has 0 radical (unpaired) electrons. The minimum Gasteiger partial charge on any atom is -0.492 e. The Morgan fingerprint density at radius 1 is 1.43 bits per heavy atom. The molecule has 1 rings (SSSR count). The third-order valence-corrected chi connectivity index (χ3v) is 4.34. The molecule has 0 fully saturated rings. The number of nitrogens with two attached hydrogens (primary N) is 1. The molecule has 0 amide bonds. The normalized spacial score (nSPS) is 11.8. The Kier molecular flexibility index (Phi) is 6.04. The number of Topliss-reactive ketones (excluding diaryl/α,β-unsaturated/α-hetero) is 1. The summed E-state index contributed by atoms with van der Waals surface area (Å²) in [6.45, 7) is 7.97. The van der Waals surface area contributed by atoms with Gasteiger partial charge in [0.2, 0.25) is 0 Å². The van der Waals surface area contributed by atoms with Crippen molar-refractivity contribution in [1.82, 2.24) is 4.90 Å². The van der Waals surface area contributed by atoms with E-state index in [1.807, 2.05) is 6.92 Å². The van der Waals surface area contributed by atoms with Gasteiger partial charge in [0, 0.05) is 19.5 Å². The lowest BCUT2D eigenvalue weighted by molar-refractivity contribution is 0.0992. The van der Waals surface area contributed by atoms with Crippen molar-refractivity contribution in [2.75, 3.05) is 45.3 Å². The highest BCUT2D eigenvalue weighted by Crippen LogP contribution is 2.43. The minimum atomic E-state index is 0.0522. The number of carbonyl (C=O) groups excluding carboxylic acids is 1. The number of nitrogen functional groups attached to an aromatic ring is 1. The van der Waals surface area contributed by atoms with Crippen molar-refractivity contribution in [2.24, 2.45) is 5.41 Å². The molecule has 0 atom stereocenters. The number of hydrogen-bond donors (Lipinski definition) is 2. The van der Waals surface area contributed by atoms with E-state index in [9.17, 15) is 4.79 Å². The summed E-state index contributed by atoms with van der Waals surface area (Å²) in [6, 6.07) is 0. The Balaban J connectivity index is 2.91. The van der Waals surface area contributed by atoms with Crippen LogP contribution in [0.1, 0.15) is 36.9 Å². The van der Waals surface area contributed by atoms with E-state index in [2.05, 4.69) is 38.2 Å². The van der Waals surface area contributed by atoms with Gasteiger partial charge in [-0.2, -0.15) is 0 Å². The van der Waals surface area contributed by atoms with Crippen molar-refractivity contribution in [3.05, 3.63) is 4.88 Å². The Hall–Kier alpha value is -1.27. The van der Waals surface area contributed by atoms with Crippen LogP contribution in [0.3, 0.4) is 0 Å². The first-order valence-electron chi connectivity index (χ1n) is 7.10. The molecular weight excluding hydrogens is 286 g/mol. The molecule has 0 aliphatic carbocycles. The largest absolute Gasteiger partial charge is 0.492 e. The quantitative estimate of drug-likeness (QED) is 0.722. The van der Waals surface area contributed by atoms with Crippen molar-refractivity contribution >= 4 is 27.8 Å². The molecule has 1 heterocycles. The van der Waals surface area contributed by atoms with E-state index < -0.39 is 0 Å². The summed E-state index contributed by atoms with van der Waals surface area (Å²) in [5.74, 6) is 0.633. The molecule has 0 aliphatic rings. The van der Waals surface area contributed by atoms with Crippen LogP contribution >= 0.6 is 11.3 Å². The van der Waals surface area contributed by atoms with Gasteiger partial charge in [-0.15, -0.1) is 11.3 Å². The maximum atomic E-state index is 11.9. The van der Waals surface area contributed by atoms with Gasteiger partial charge in [-0.05, 0) is 19.5 Å². The molecule has 0 spiro atoms. The maximum Gasteiger partial charge on any atom is 0.176 e. The predicted octanol–water partition coefficient (Wildman–Crippen LogP) is 2.93. The first-order chi connectivity index (χ1) is 9.71. The lowest BCUT2D eigenvalue weighted by atomic mass is 9.93. The van der Waals surface area contributed by atoms with Gasteiger partial charge in [0.1, 0.15) is 5.00 Å². The van der Waals surface area contributed by atoms with Crippen molar-refractivity contribution in [2.45, 2.75) is 27.2 Å². The van der Waals surface area contributed by atoms with E-state index in [0.717, 1.165) is 18.1 Å². The summed E-state index contributed by atoms with van der Waals surface area (Å²) in [4.78, 5) is 14.6. The number of carbonyl (C=O) groups is 1. The van der Waals surface area contributed by atoms with Gasteiger partial charge in [-0.3, -0.25) is 4.79 Å². The highest BCUT2D eigenvalue weighted by Gasteiger charge is 2.24. The first kappa shape index (κ1) is 17.8. The Morgan fingerprint density at radius 2 is 2.05 bits per heavy atom. The number of nitrogens with zero attached hydrogens (tertiary/aromatic N) is 1. The smallest absolute Gasteiger partial charge is 0.176 e. The number of anilines is 2. The molecule has 5 nitrogen and oxygen atoms in total. The zero-order chi connectivity index (χ0) is 16.2. The van der Waals surface area contributed by atoms with Crippen LogP contribution < -0.4 is 15.8 Å². The van der Waals surface area contributed by atoms with Gasteiger partial charge in [0.15, 0.2) is 11.5 Å². The average Bonchev–Trinajstić information content (AvgIpc) is 2.70. The summed E-state index contributed by atoms with van der Waals surface area (Å²) in [6.07, 6.45) is 0.444. The first-order valence-corrected chi connectivity index (χ1v) is 7.91. The van der Waals surface area contributed by atoms with Crippen LogP contribution in [0, 0.1) is 5.41 Å². The lowest BCUT2D eigenvalue weighted by Gasteiger charge is -2.28. The minimum absolute atomic E-state index is 0.0522. The van der Waals surface area contributed by atoms with E-state index in [4.69, 9.17) is 10.5 Å². The molecule has 0 saturated carbocycles. The second-order valence-electron chi connectivity index (χ2n) is 6.24. The molecule has 0 bridgehead atoms. The second kappa shape index (κ2) is 7.13. The van der Waals surface area contributed by atoms with E-state index in [1.54, 1.807) is 7.11 Å². The zero-order valence-electron chi connectivity index (χ0n) is 13.9. The number of ketones is 1. The van der Waals surface area contributed by atoms with Gasteiger partial charge in [-0.1, -0.05) is 20.8 Å². The fourth-order valence-electron chi connectivity index (χ4n) is 2.35. The zero-order valence-corrected chi connectivity index (χ0v) is 14.7. The number of rotatable bonds is 8. The molecule has 1 aromatic rings. The van der Waals surface area contributed by atoms with Gasteiger partial charge >= 0.3 is 0 Å². The maximum absolute atomic E-state index is 11.9. The fourth-order valence-corrected chi connectivity index (χ4v) is 3.44. The molecular formula is C15H27N3O2S. The SMILES string of the molecule is CCC(=O)c1sc(NCC(C)(C)CN(C)C)c(OC)c1N. The third-order valence-electron chi connectivity index (χ3n) is 3.15. The van der Waals surface area contributed by atoms with Crippen LogP contribution in [0.25, 0.3) is 0 Å². The summed E-state index contributed by atoms with van der Waals surface area (Å²) in [7, 11) is 5.70. The number of methoxy groups -OCH3 is 1. The molecule has 120 valence electrons. The molecule has 0 aliphatic heterocycles. The number of hydrogen-bond acceptors (Lipinski definition) is 6. The number of ether oxygens (including phenoxy) is 1. The molecule has 21 heavy (non-hydrogen) atoms. The Morgan fingerprint density at radius 3 is 2.52 bits per heavy atom. The van der Waals surface area contributed by atoms with Crippen LogP contribution in [-0.2, 0) is 0 Å². The summed E-state index contributed by atoms with van der Waals surface area (Å²) < 4.78 is 5.36. The van der Waals surface area contributed by atoms with Gasteiger partial charge in [0.05, 0.1) is 17.7 Å². The van der Waals surface area contributed by atoms with Crippen LogP contribution in [-0.4, -0.2) is 45.0 Å². The van der Waals surface area contributed by atoms with Crippen LogP contribution in [0.4, 0.5) is 10.7 Å². The topological polar surface area (TPSA) is 67.6 Å². The van der Waals surface area contributed by atoms with Gasteiger partial charge < -0.3 is 20.7 Å². The van der Waals surface area contributed by atoms with Crippen LogP contribution in [0.2, 0.25) is 0 Å². The lowest BCUT2D eigenvalue weighted by Crippen LogP contribution is -2.34. The van der Waals surface area contributed by atoms with Crippen LogP contribution in [0.5, 0.6) is 5.75 Å². The van der Waals surface area contributed by atoms with Crippen molar-refractivity contribution in [3.63, 3.8) is 0 Å². The van der Waals surface area contributed by atoms with E-state index in [0.29, 0.717) is 22.7 Å². The van der Waals surface area contributed by atoms with E-state index >= 15 is 0 Å². The van der Waals surface area contributed by atoms with Gasteiger partial charge in [0.25, 0.3) is 0 Å². The second-order valence-corrected chi connectivity index (χ2v) is 7.26. The molecule has 3 N–H and O–H groups in total. The van der Waals surface area contributed by atoms with Crippen molar-refractivity contribution < 1.29 is 9.53 Å². The van der Waals surface area contributed by atoms with Crippen molar-refractivity contribution in [1.29, 1.82) is 0 Å². The highest BCUT2D eigenvalue weighted by atomic mass is 32.1. The molecule has 1 aromatic heterocycles. The van der Waals surface area contributed by atoms with Crippen molar-refractivity contribution in [3.8, 4) is 5.75 Å². The number of thiophene rings is 1. The fraction of sp³-hybridized carbons (Fsp3) is 0.667. The summed E-state index contributed by atoms with van der Waals surface area (Å²) in [5.41, 5.74) is 6.57. The number of nitrogens with one attached hydrogen (secondary N) is 1. The Bertz CT molecular complexity index is 495. The third kappa shape index (κ3) is 4.61. The molecule has 0 aromatic carbocycles. The molecule has 0 unspecified atom stereocenters. The molecule has 0 saturated heterocycles. The van der Waals surface area contributed by atoms with E-state index in [-0.39, 0.29) is 11.2 Å². The van der Waals surface area contributed by atoms with Gasteiger partial charge in [-0.25, -0.2) is 0 Å². The Labute approximate surface area is 131 Å². The average molecular weight is 313 g/mol. The highest BCUT2D eigenvalue weighted by molar-refractivity contribution is 7.19. The van der Waals surface area contributed by atoms with Crippen LogP contribution in [0.15, 0.2) is 0 Å². The monoisotopic (exact) mass is 313 g/mol. The standard InChI is InChI=1S/C15H27N3O2S/c1-7-10(19)13-11(16)12(20-6)14(21-13)17-8-15(2,3)9-18(4)5/h17H,7-9,16H2,1-6H3. The van der Waals surface area contributed by atoms with E-state index in [1.165, 1.54) is 11.3 Å². The predicted molar refractivity (Wildman–Crippen MR) is 90.7 cm³/mol. The summed E-state index contributed by atoms with van der Waals surface area (Å²) >= 11 is 1.38.